The van der Waals surface area contributed by atoms with Crippen LogP contribution in [0.1, 0.15) is 36.0 Å². The number of carbonyl (C=O) groups excluding carboxylic acids is 3. The first-order valence-electron chi connectivity index (χ1n) is 12.0. The fourth-order valence-corrected chi connectivity index (χ4v) is 5.12. The number of methoxy groups -OCH3 is 2. The second-order valence-electron chi connectivity index (χ2n) is 8.32. The van der Waals surface area contributed by atoms with E-state index in [1.54, 1.807) is 72.8 Å². The molecule has 0 saturated heterocycles. The highest BCUT2D eigenvalue weighted by atomic mass is 32.1. The number of anilines is 1. The molecule has 0 aliphatic rings. The number of hydrogen-bond donors (Lipinski definition) is 4. The third-order valence-corrected chi connectivity index (χ3v) is 7.00. The van der Waals surface area contributed by atoms with Crippen molar-refractivity contribution >= 4 is 51.9 Å². The number of rotatable bonds is 8. The Morgan fingerprint density at radius 3 is 2.00 bits per heavy atom. The van der Waals surface area contributed by atoms with Gasteiger partial charge in [0.25, 0.3) is 17.7 Å². The molecule has 0 aliphatic heterocycles. The quantitative estimate of drug-likeness (QED) is 0.0979. The van der Waals surface area contributed by atoms with Gasteiger partial charge in [-0.2, -0.15) is 0 Å². The second kappa shape index (κ2) is 13.0. The number of thiophene rings is 1. The Kier molecular flexibility index (Phi) is 9.20. The van der Waals surface area contributed by atoms with Crippen molar-refractivity contribution in [2.45, 2.75) is 6.92 Å². The number of ether oxygens (including phenoxy) is 2. The van der Waals surface area contributed by atoms with Crippen LogP contribution in [0.3, 0.4) is 0 Å². The van der Waals surface area contributed by atoms with Gasteiger partial charge in [-0.05, 0) is 48.9 Å². The number of hydrogen-bond acceptors (Lipinski definition) is 7. The van der Waals surface area contributed by atoms with Gasteiger partial charge in [0.15, 0.2) is 16.7 Å². The molecule has 0 fully saturated rings. The molecule has 0 aliphatic carbocycles. The van der Waals surface area contributed by atoms with Crippen molar-refractivity contribution in [2.24, 2.45) is 5.10 Å². The second-order valence-corrected chi connectivity index (χ2v) is 9.97. The van der Waals surface area contributed by atoms with E-state index >= 15 is 0 Å². The molecule has 204 valence electrons. The third kappa shape index (κ3) is 6.50. The van der Waals surface area contributed by atoms with E-state index in [4.69, 9.17) is 9.47 Å². The highest BCUT2D eigenvalue weighted by Crippen LogP contribution is 2.42. The van der Waals surface area contributed by atoms with Crippen molar-refractivity contribution in [3.05, 3.63) is 100 Å². The van der Waals surface area contributed by atoms with Crippen LogP contribution in [-0.4, -0.2) is 37.1 Å². The van der Waals surface area contributed by atoms with Crippen LogP contribution < -0.4 is 25.5 Å². The van der Waals surface area contributed by atoms with E-state index in [-0.39, 0.29) is 16.6 Å². The summed E-state index contributed by atoms with van der Waals surface area (Å²) in [6.07, 6.45) is 0. The number of benzene rings is 3. The van der Waals surface area contributed by atoms with Crippen LogP contribution in [0, 0.1) is 6.92 Å². The van der Waals surface area contributed by atoms with Crippen molar-refractivity contribution < 1.29 is 23.9 Å². The van der Waals surface area contributed by atoms with Crippen LogP contribution in [0.4, 0.5) is 5.00 Å². The van der Waals surface area contributed by atoms with Crippen LogP contribution in [0.2, 0.25) is 0 Å². The Hall–Kier alpha value is -4.61. The summed E-state index contributed by atoms with van der Waals surface area (Å²) in [6.45, 7) is 1.85. The minimum absolute atomic E-state index is 0.114. The molecular formula is C29H26N4O5S2. The Morgan fingerprint density at radius 2 is 1.40 bits per heavy atom. The van der Waals surface area contributed by atoms with Crippen LogP contribution >= 0.6 is 24.0 Å². The molecule has 9 nitrogen and oxygen atoms in total. The number of nitrogens with one attached hydrogen (secondary N) is 3. The monoisotopic (exact) mass is 574 g/mol. The van der Waals surface area contributed by atoms with Crippen LogP contribution in [-0.2, 0) is 0 Å². The van der Waals surface area contributed by atoms with Gasteiger partial charge < -0.3 is 14.8 Å². The van der Waals surface area contributed by atoms with Crippen molar-refractivity contribution in [2.75, 3.05) is 19.5 Å². The number of nitrogens with zero attached hydrogens (tertiary/aromatic N) is 1. The summed E-state index contributed by atoms with van der Waals surface area (Å²) in [5.41, 5.74) is 4.73. The van der Waals surface area contributed by atoms with Crippen molar-refractivity contribution in [1.82, 2.24) is 10.7 Å². The SMILES string of the molecule is COc1ccc(-c2c(C)sc(NC(=O)c3ccccc3)c2C(=O)NN=C(S)NC(=O)c2ccccc2)cc1OC. The highest BCUT2D eigenvalue weighted by molar-refractivity contribution is 7.96. The summed E-state index contributed by atoms with van der Waals surface area (Å²) in [4.78, 5) is 39.7. The molecule has 4 rings (SSSR count). The number of amidine groups is 1. The number of amides is 3. The number of aryl methyl sites for hydroxylation is 1. The summed E-state index contributed by atoms with van der Waals surface area (Å²) in [5.74, 6) is -0.412. The van der Waals surface area contributed by atoms with E-state index in [9.17, 15) is 14.4 Å². The number of thiol groups is 1. The zero-order valence-electron chi connectivity index (χ0n) is 21.8. The van der Waals surface area contributed by atoms with Crippen LogP contribution in [0.15, 0.2) is 84.0 Å². The molecule has 1 aromatic heterocycles. The summed E-state index contributed by atoms with van der Waals surface area (Å²) >= 11 is 5.44. The lowest BCUT2D eigenvalue weighted by molar-refractivity contribution is 0.0949. The predicted octanol–water partition coefficient (Wildman–Crippen LogP) is 5.35. The van der Waals surface area contributed by atoms with Crippen LogP contribution in [0.5, 0.6) is 11.5 Å². The molecule has 3 aromatic carbocycles. The molecule has 0 bridgehead atoms. The normalized spacial score (nSPS) is 10.9. The maximum atomic E-state index is 13.6. The number of hydrazone groups is 1. The smallest absolute Gasteiger partial charge is 0.275 e. The average Bonchev–Trinajstić information content (AvgIpc) is 3.31. The van der Waals surface area contributed by atoms with E-state index in [1.807, 2.05) is 13.0 Å². The van der Waals surface area contributed by atoms with Crippen molar-refractivity contribution in [3.63, 3.8) is 0 Å². The van der Waals surface area contributed by atoms with Crippen LogP contribution in [0.25, 0.3) is 11.1 Å². The maximum Gasteiger partial charge on any atom is 0.275 e. The van der Waals surface area contributed by atoms with E-state index in [0.717, 1.165) is 4.88 Å². The Balaban J connectivity index is 1.68. The van der Waals surface area contributed by atoms with Gasteiger partial charge in [0.05, 0.1) is 19.8 Å². The van der Waals surface area contributed by atoms with Gasteiger partial charge in [0, 0.05) is 21.6 Å². The lowest BCUT2D eigenvalue weighted by Gasteiger charge is -2.12. The zero-order valence-corrected chi connectivity index (χ0v) is 23.6. The van der Waals surface area contributed by atoms with Crippen molar-refractivity contribution in [3.8, 4) is 22.6 Å². The molecule has 3 amide bonds. The fraction of sp³-hybridized carbons (Fsp3) is 0.103. The summed E-state index contributed by atoms with van der Waals surface area (Å²) in [5, 5.41) is 9.53. The van der Waals surface area contributed by atoms with Gasteiger partial charge in [-0.25, -0.2) is 5.43 Å². The maximum absolute atomic E-state index is 13.6. The summed E-state index contributed by atoms with van der Waals surface area (Å²) in [6, 6.07) is 22.5. The highest BCUT2D eigenvalue weighted by Gasteiger charge is 2.26. The first kappa shape index (κ1) is 28.4. The molecule has 0 radical (unpaired) electrons. The first-order valence-corrected chi connectivity index (χ1v) is 13.2. The summed E-state index contributed by atoms with van der Waals surface area (Å²) < 4.78 is 10.8. The lowest BCUT2D eigenvalue weighted by Crippen LogP contribution is -2.30. The Bertz CT molecular complexity index is 1570. The van der Waals surface area contributed by atoms with Gasteiger partial charge in [-0.3, -0.25) is 19.7 Å². The molecule has 0 spiro atoms. The van der Waals surface area contributed by atoms with Gasteiger partial charge >= 0.3 is 0 Å². The standard InChI is InChI=1S/C29H26N4O5S2/c1-17-23(20-14-15-21(37-2)22(16-20)38-3)24(28(40-17)30-25(34)18-10-6-4-7-11-18)27(36)32-33-29(39)31-26(35)19-12-8-5-9-13-19/h4-16H,1-3H3,(H,30,34)(H,32,36)(H2,31,33,35,39). The topological polar surface area (TPSA) is 118 Å². The molecule has 1 heterocycles. The number of carbonyl (C=O) groups is 3. The minimum Gasteiger partial charge on any atom is -0.493 e. The first-order chi connectivity index (χ1) is 19.3. The molecule has 3 N–H and O–H groups in total. The van der Waals surface area contributed by atoms with E-state index in [0.29, 0.717) is 38.8 Å². The third-order valence-electron chi connectivity index (χ3n) is 5.77. The lowest BCUT2D eigenvalue weighted by atomic mass is 10.0. The molecule has 11 heteroatoms. The average molecular weight is 575 g/mol. The van der Waals surface area contributed by atoms with Gasteiger partial charge in [0.2, 0.25) is 0 Å². The van der Waals surface area contributed by atoms with Gasteiger partial charge in [-0.1, -0.05) is 42.5 Å². The molecule has 0 atom stereocenters. The molecule has 4 aromatic rings. The van der Waals surface area contributed by atoms with E-state index < -0.39 is 11.8 Å². The molecular weight excluding hydrogens is 548 g/mol. The van der Waals surface area contributed by atoms with E-state index in [1.165, 1.54) is 25.6 Å². The Morgan fingerprint density at radius 1 is 0.800 bits per heavy atom. The predicted molar refractivity (Wildman–Crippen MR) is 160 cm³/mol. The van der Waals surface area contributed by atoms with Crippen molar-refractivity contribution in [1.29, 1.82) is 0 Å². The molecule has 40 heavy (non-hydrogen) atoms. The fourth-order valence-electron chi connectivity index (χ4n) is 3.90. The minimum atomic E-state index is -0.613. The zero-order chi connectivity index (χ0) is 28.6. The molecule has 0 unspecified atom stereocenters. The largest absolute Gasteiger partial charge is 0.493 e. The molecule has 0 saturated carbocycles. The van der Waals surface area contributed by atoms with E-state index in [2.05, 4.69) is 33.8 Å². The summed E-state index contributed by atoms with van der Waals surface area (Å²) in [7, 11) is 3.06. The Labute approximate surface area is 240 Å². The van der Waals surface area contributed by atoms with Gasteiger partial charge in [0.1, 0.15) is 5.00 Å². The van der Waals surface area contributed by atoms with Gasteiger partial charge in [-0.15, -0.1) is 29.1 Å².